The van der Waals surface area contributed by atoms with Crippen LogP contribution < -0.4 is 0 Å². The number of aldehydes is 1. The lowest BCUT2D eigenvalue weighted by molar-refractivity contribution is 0.0944. The van der Waals surface area contributed by atoms with E-state index < -0.39 is 0 Å². The standard InChI is InChI=1S/C30H30N2O3S/c1-3-27(34)21-12-13-26-25(17-21)31-30(24-10-5-4-8-22(24)18-33)32(26)23-9-6-7-20(15-23)16-28(35)29-14-11-19(2)36-29/h4-5,8,10-14,17-18,20,23H,3,6-7,9,15-16H2,1-2H3/t20-,23+/m1/s1. The van der Waals surface area contributed by atoms with E-state index in [2.05, 4.69) is 4.57 Å². The van der Waals surface area contributed by atoms with E-state index in [1.165, 1.54) is 0 Å². The van der Waals surface area contributed by atoms with E-state index in [1.807, 2.05) is 68.4 Å². The molecular weight excluding hydrogens is 468 g/mol. The molecule has 2 aromatic heterocycles. The van der Waals surface area contributed by atoms with Crippen LogP contribution in [0, 0.1) is 12.8 Å². The molecule has 6 heteroatoms. The lowest BCUT2D eigenvalue weighted by Gasteiger charge is -2.31. The predicted molar refractivity (Wildman–Crippen MR) is 144 cm³/mol. The average Bonchev–Trinajstić information content (AvgIpc) is 3.51. The molecule has 5 rings (SSSR count). The van der Waals surface area contributed by atoms with Crippen LogP contribution in [0.15, 0.2) is 54.6 Å². The number of fused-ring (bicyclic) bond motifs is 1. The fourth-order valence-electron chi connectivity index (χ4n) is 5.47. The van der Waals surface area contributed by atoms with Gasteiger partial charge >= 0.3 is 0 Å². The molecule has 2 atom stereocenters. The van der Waals surface area contributed by atoms with Gasteiger partial charge in [0.15, 0.2) is 17.9 Å². The highest BCUT2D eigenvalue weighted by atomic mass is 32.1. The van der Waals surface area contributed by atoms with Gasteiger partial charge in [0, 0.05) is 40.5 Å². The zero-order chi connectivity index (χ0) is 25.2. The minimum atomic E-state index is 0.0846. The van der Waals surface area contributed by atoms with Gasteiger partial charge in [0.25, 0.3) is 0 Å². The summed E-state index contributed by atoms with van der Waals surface area (Å²) in [6.07, 6.45) is 5.80. The van der Waals surface area contributed by atoms with Crippen molar-refractivity contribution in [1.29, 1.82) is 0 Å². The van der Waals surface area contributed by atoms with Crippen molar-refractivity contribution in [3.8, 4) is 11.4 Å². The number of nitrogens with zero attached hydrogens (tertiary/aromatic N) is 2. The topological polar surface area (TPSA) is 69.0 Å². The molecule has 0 unspecified atom stereocenters. The van der Waals surface area contributed by atoms with Crippen LogP contribution in [0.5, 0.6) is 0 Å². The van der Waals surface area contributed by atoms with E-state index in [4.69, 9.17) is 4.98 Å². The van der Waals surface area contributed by atoms with Crippen LogP contribution in [-0.2, 0) is 0 Å². The van der Waals surface area contributed by atoms with E-state index in [-0.39, 0.29) is 17.6 Å². The first-order valence-electron chi connectivity index (χ1n) is 12.7. The maximum absolute atomic E-state index is 13.0. The molecule has 5 nitrogen and oxygen atoms in total. The summed E-state index contributed by atoms with van der Waals surface area (Å²) in [6.45, 7) is 3.89. The molecule has 4 aromatic rings. The van der Waals surface area contributed by atoms with E-state index in [0.717, 1.165) is 64.1 Å². The Balaban J connectivity index is 1.54. The van der Waals surface area contributed by atoms with Gasteiger partial charge in [-0.05, 0) is 62.4 Å². The zero-order valence-electron chi connectivity index (χ0n) is 20.7. The number of imidazole rings is 1. The number of ketones is 2. The van der Waals surface area contributed by atoms with Gasteiger partial charge in [-0.2, -0.15) is 0 Å². The average molecular weight is 499 g/mol. The monoisotopic (exact) mass is 498 g/mol. The summed E-state index contributed by atoms with van der Waals surface area (Å²) in [4.78, 5) is 44.2. The van der Waals surface area contributed by atoms with Crippen LogP contribution in [0.3, 0.4) is 0 Å². The molecule has 1 aliphatic carbocycles. The van der Waals surface area contributed by atoms with Crippen molar-refractivity contribution < 1.29 is 14.4 Å². The van der Waals surface area contributed by atoms with Gasteiger partial charge in [0.05, 0.1) is 15.9 Å². The molecule has 1 aliphatic rings. The van der Waals surface area contributed by atoms with Crippen molar-refractivity contribution in [3.63, 3.8) is 0 Å². The molecule has 0 radical (unpaired) electrons. The summed E-state index contributed by atoms with van der Waals surface area (Å²) in [7, 11) is 0. The molecule has 0 amide bonds. The van der Waals surface area contributed by atoms with Gasteiger partial charge < -0.3 is 4.57 Å². The molecule has 0 spiro atoms. The molecule has 0 saturated heterocycles. The summed E-state index contributed by atoms with van der Waals surface area (Å²) in [5.74, 6) is 1.36. The highest BCUT2D eigenvalue weighted by Gasteiger charge is 2.29. The predicted octanol–water partition coefficient (Wildman–Crippen LogP) is 7.48. The van der Waals surface area contributed by atoms with Gasteiger partial charge in [-0.25, -0.2) is 4.98 Å². The van der Waals surface area contributed by atoms with Crippen LogP contribution >= 0.6 is 11.3 Å². The van der Waals surface area contributed by atoms with E-state index in [1.54, 1.807) is 11.3 Å². The van der Waals surface area contributed by atoms with Gasteiger partial charge in [-0.1, -0.05) is 37.6 Å². The zero-order valence-corrected chi connectivity index (χ0v) is 21.5. The molecule has 36 heavy (non-hydrogen) atoms. The molecular formula is C30H30N2O3S. The third kappa shape index (κ3) is 4.70. The van der Waals surface area contributed by atoms with Crippen molar-refractivity contribution in [2.75, 3.05) is 0 Å². The molecule has 0 N–H and O–H groups in total. The van der Waals surface area contributed by atoms with E-state index in [0.29, 0.717) is 29.9 Å². The number of Topliss-reactive ketones (excluding diaryl/α,β-unsaturated/α-hetero) is 2. The normalized spacial score (nSPS) is 17.8. The first kappa shape index (κ1) is 24.3. The summed E-state index contributed by atoms with van der Waals surface area (Å²) in [5, 5.41) is 0. The Morgan fingerprint density at radius 2 is 1.92 bits per heavy atom. The number of carbonyl (C=O) groups is 3. The molecule has 0 aliphatic heterocycles. The minimum Gasteiger partial charge on any atom is -0.321 e. The highest BCUT2D eigenvalue weighted by Crippen LogP contribution is 2.40. The number of aryl methyl sites for hydroxylation is 1. The fraction of sp³-hybridized carbons (Fsp3) is 0.333. The van der Waals surface area contributed by atoms with Crippen LogP contribution in [0.25, 0.3) is 22.4 Å². The Morgan fingerprint density at radius 1 is 1.08 bits per heavy atom. The highest BCUT2D eigenvalue weighted by molar-refractivity contribution is 7.14. The maximum Gasteiger partial charge on any atom is 0.173 e. The Morgan fingerprint density at radius 3 is 2.67 bits per heavy atom. The molecule has 0 bridgehead atoms. The number of thiophene rings is 1. The molecule has 184 valence electrons. The van der Waals surface area contributed by atoms with Crippen molar-refractivity contribution in [1.82, 2.24) is 9.55 Å². The summed E-state index contributed by atoms with van der Waals surface area (Å²) in [6, 6.07) is 17.4. The van der Waals surface area contributed by atoms with Crippen molar-refractivity contribution >= 4 is 40.2 Å². The fourth-order valence-corrected chi connectivity index (χ4v) is 6.29. The van der Waals surface area contributed by atoms with Crippen molar-refractivity contribution in [2.24, 2.45) is 5.92 Å². The molecule has 2 heterocycles. The lowest BCUT2D eigenvalue weighted by Crippen LogP contribution is -2.22. The molecule has 2 aromatic carbocycles. The van der Waals surface area contributed by atoms with Crippen LogP contribution in [0.2, 0.25) is 0 Å². The second-order valence-electron chi connectivity index (χ2n) is 9.71. The van der Waals surface area contributed by atoms with E-state index >= 15 is 0 Å². The number of hydrogen-bond acceptors (Lipinski definition) is 5. The van der Waals surface area contributed by atoms with Gasteiger partial charge in [0.2, 0.25) is 0 Å². The SMILES string of the molecule is CCC(=O)c1ccc2c(c1)nc(-c1ccccc1C=O)n2[C@H]1CCC[C@@H](CC(=O)c2ccc(C)s2)C1. The van der Waals surface area contributed by atoms with Crippen molar-refractivity contribution in [2.45, 2.75) is 58.4 Å². The van der Waals surface area contributed by atoms with Gasteiger partial charge in [-0.3, -0.25) is 14.4 Å². The maximum atomic E-state index is 13.0. The minimum absolute atomic E-state index is 0.0846. The molecule has 1 fully saturated rings. The van der Waals surface area contributed by atoms with Crippen molar-refractivity contribution in [3.05, 3.63) is 75.5 Å². The number of rotatable bonds is 8. The largest absolute Gasteiger partial charge is 0.321 e. The first-order valence-corrected chi connectivity index (χ1v) is 13.5. The number of hydrogen-bond donors (Lipinski definition) is 0. The smallest absolute Gasteiger partial charge is 0.173 e. The lowest BCUT2D eigenvalue weighted by atomic mass is 9.82. The van der Waals surface area contributed by atoms with Crippen LogP contribution in [0.1, 0.15) is 86.8 Å². The van der Waals surface area contributed by atoms with E-state index in [9.17, 15) is 14.4 Å². The van der Waals surface area contributed by atoms with Crippen LogP contribution in [-0.4, -0.2) is 27.4 Å². The first-order chi connectivity index (χ1) is 17.5. The van der Waals surface area contributed by atoms with Gasteiger partial charge in [-0.15, -0.1) is 11.3 Å². The Hall–Kier alpha value is -3.38. The summed E-state index contributed by atoms with van der Waals surface area (Å²) < 4.78 is 2.25. The quantitative estimate of drug-likeness (QED) is 0.186. The van der Waals surface area contributed by atoms with Crippen LogP contribution in [0.4, 0.5) is 0 Å². The number of carbonyl (C=O) groups excluding carboxylic acids is 3. The molecule has 1 saturated carbocycles. The number of benzene rings is 2. The third-order valence-corrected chi connectivity index (χ3v) is 8.31. The second kappa shape index (κ2) is 10.3. The van der Waals surface area contributed by atoms with Gasteiger partial charge in [0.1, 0.15) is 5.82 Å². The number of aromatic nitrogens is 2. The summed E-state index contributed by atoms with van der Waals surface area (Å²) in [5.41, 5.74) is 3.76. The summed E-state index contributed by atoms with van der Waals surface area (Å²) >= 11 is 1.57. The second-order valence-corrected chi connectivity index (χ2v) is 11.0. The Labute approximate surface area is 215 Å². The Kier molecular flexibility index (Phi) is 6.97. The third-order valence-electron chi connectivity index (χ3n) is 7.27. The Bertz CT molecular complexity index is 1450.